The molecule has 4 rings (SSSR count). The Kier molecular flexibility index (Phi) is 3.86. The Hall–Kier alpha value is -1.90. The Morgan fingerprint density at radius 2 is 1.72 bits per heavy atom. The van der Waals surface area contributed by atoms with Gasteiger partial charge in [-0.15, -0.1) is 11.3 Å². The maximum atomic E-state index is 14.9. The molecule has 0 saturated heterocycles. The number of alkyl halides is 2. The van der Waals surface area contributed by atoms with E-state index in [0.29, 0.717) is 28.0 Å². The van der Waals surface area contributed by atoms with E-state index in [9.17, 15) is 17.2 Å². The maximum absolute atomic E-state index is 14.9. The molecule has 1 aliphatic rings. The third-order valence-corrected chi connectivity index (χ3v) is 7.37. The van der Waals surface area contributed by atoms with Crippen LogP contribution in [0.3, 0.4) is 0 Å². The second kappa shape index (κ2) is 5.82. The van der Waals surface area contributed by atoms with Crippen molar-refractivity contribution in [1.29, 1.82) is 0 Å². The average Bonchev–Trinajstić information content (AvgIpc) is 3.06. The Balaban J connectivity index is 1.71. The third-order valence-electron chi connectivity index (χ3n) is 4.30. The molecule has 8 heteroatoms. The first kappa shape index (κ1) is 16.6. The molecule has 0 unspecified atom stereocenters. The molecule has 1 aromatic heterocycles. The minimum absolute atomic E-state index is 0.0415. The second-order valence-electron chi connectivity index (χ2n) is 5.86. The van der Waals surface area contributed by atoms with Crippen molar-refractivity contribution in [3.05, 3.63) is 64.7 Å². The summed E-state index contributed by atoms with van der Waals surface area (Å²) in [4.78, 5) is 3.85. The van der Waals surface area contributed by atoms with E-state index < -0.39 is 20.3 Å². The van der Waals surface area contributed by atoms with Gasteiger partial charge in [0.1, 0.15) is 0 Å². The van der Waals surface area contributed by atoms with Gasteiger partial charge in [-0.25, -0.2) is 13.4 Å². The summed E-state index contributed by atoms with van der Waals surface area (Å²) in [6.45, 7) is -0.00117. The quantitative estimate of drug-likeness (QED) is 0.696. The van der Waals surface area contributed by atoms with E-state index in [0.717, 1.165) is 15.4 Å². The van der Waals surface area contributed by atoms with Gasteiger partial charge in [0.05, 0.1) is 10.2 Å². The minimum atomic E-state index is -4.86. The Bertz CT molecular complexity index is 1010. The van der Waals surface area contributed by atoms with Crippen molar-refractivity contribution in [2.45, 2.75) is 18.2 Å². The number of nitrogens with zero attached hydrogens (tertiary/aromatic N) is 2. The summed E-state index contributed by atoms with van der Waals surface area (Å²) in [7, 11) is -4.86. The van der Waals surface area contributed by atoms with Crippen LogP contribution in [0.1, 0.15) is 16.1 Å². The highest BCUT2D eigenvalue weighted by atomic mass is 32.2. The number of halogens is 2. The van der Waals surface area contributed by atoms with E-state index in [4.69, 9.17) is 0 Å². The zero-order valence-electron chi connectivity index (χ0n) is 13.0. The monoisotopic (exact) mass is 380 g/mol. The second-order valence-corrected chi connectivity index (χ2v) is 8.87. The number of benzene rings is 2. The molecule has 0 N–H and O–H groups in total. The molecule has 0 saturated carbocycles. The molecule has 3 aromatic rings. The lowest BCUT2D eigenvalue weighted by Gasteiger charge is -2.30. The summed E-state index contributed by atoms with van der Waals surface area (Å²) in [5.74, 6) is 0. The van der Waals surface area contributed by atoms with Gasteiger partial charge in [0, 0.05) is 13.1 Å². The van der Waals surface area contributed by atoms with Gasteiger partial charge in [0.2, 0.25) is 0 Å². The standard InChI is InChI=1S/C17H14F2N2O2S2/c18-17(19,16-20-14-7-3-4-8-15(14)24-16)25(22,23)21-10-9-12-5-1-2-6-13(12)11-21/h1-8H,9-11H2. The molecule has 0 amide bonds. The lowest BCUT2D eigenvalue weighted by molar-refractivity contribution is 0.0804. The van der Waals surface area contributed by atoms with Crippen LogP contribution >= 0.6 is 11.3 Å². The van der Waals surface area contributed by atoms with Crippen molar-refractivity contribution in [2.24, 2.45) is 0 Å². The highest BCUT2D eigenvalue weighted by Crippen LogP contribution is 2.41. The zero-order valence-corrected chi connectivity index (χ0v) is 14.7. The summed E-state index contributed by atoms with van der Waals surface area (Å²) < 4.78 is 56.4. The van der Waals surface area contributed by atoms with E-state index in [1.165, 1.54) is 0 Å². The maximum Gasteiger partial charge on any atom is 0.409 e. The number of rotatable bonds is 3. The SMILES string of the molecule is O=S(=O)(N1CCc2ccccc2C1)C(F)(F)c1nc2ccccc2s1. The molecule has 0 atom stereocenters. The van der Waals surface area contributed by atoms with Crippen molar-refractivity contribution < 1.29 is 17.2 Å². The smallest absolute Gasteiger partial charge is 0.234 e. The normalized spacial score (nSPS) is 16.1. The molecule has 2 heterocycles. The first-order valence-electron chi connectivity index (χ1n) is 7.70. The highest BCUT2D eigenvalue weighted by molar-refractivity contribution is 7.89. The average molecular weight is 380 g/mol. The summed E-state index contributed by atoms with van der Waals surface area (Å²) in [5, 5.41) is -4.74. The van der Waals surface area contributed by atoms with Gasteiger partial charge in [0.25, 0.3) is 10.0 Å². The molecule has 130 valence electrons. The van der Waals surface area contributed by atoms with Crippen LogP contribution in [0.15, 0.2) is 48.5 Å². The van der Waals surface area contributed by atoms with E-state index in [2.05, 4.69) is 4.98 Å². The zero-order chi connectivity index (χ0) is 17.7. The lowest BCUT2D eigenvalue weighted by atomic mass is 10.0. The van der Waals surface area contributed by atoms with Gasteiger partial charge >= 0.3 is 5.25 Å². The number of thiazole rings is 1. The van der Waals surface area contributed by atoms with E-state index in [-0.39, 0.29) is 13.1 Å². The predicted molar refractivity (Wildman–Crippen MR) is 93.0 cm³/mol. The molecular formula is C17H14F2N2O2S2. The van der Waals surface area contributed by atoms with E-state index >= 15 is 0 Å². The fraction of sp³-hybridized carbons (Fsp3) is 0.235. The van der Waals surface area contributed by atoms with Crippen LogP contribution in [0.5, 0.6) is 0 Å². The van der Waals surface area contributed by atoms with E-state index in [1.54, 1.807) is 36.4 Å². The van der Waals surface area contributed by atoms with Gasteiger partial charge in [-0.3, -0.25) is 0 Å². The number of sulfonamides is 1. The van der Waals surface area contributed by atoms with Crippen LogP contribution in [0.4, 0.5) is 8.78 Å². The molecule has 0 spiro atoms. The van der Waals surface area contributed by atoms with Crippen LogP contribution in [0.2, 0.25) is 0 Å². The summed E-state index contributed by atoms with van der Waals surface area (Å²) in [6.07, 6.45) is 0.422. The summed E-state index contributed by atoms with van der Waals surface area (Å²) >= 11 is 0.714. The summed E-state index contributed by atoms with van der Waals surface area (Å²) in [6, 6.07) is 13.9. The molecular weight excluding hydrogens is 366 g/mol. The molecule has 0 aliphatic carbocycles. The lowest BCUT2D eigenvalue weighted by Crippen LogP contribution is -2.43. The molecule has 0 fully saturated rings. The van der Waals surface area contributed by atoms with Crippen LogP contribution in [0, 0.1) is 0 Å². The molecule has 1 aliphatic heterocycles. The van der Waals surface area contributed by atoms with Crippen molar-refractivity contribution in [3.63, 3.8) is 0 Å². The van der Waals surface area contributed by atoms with Gasteiger partial charge in [0.15, 0.2) is 5.01 Å². The Morgan fingerprint density at radius 1 is 1.04 bits per heavy atom. The van der Waals surface area contributed by atoms with Crippen LogP contribution in [-0.4, -0.2) is 24.3 Å². The van der Waals surface area contributed by atoms with Crippen molar-refractivity contribution >= 4 is 31.6 Å². The highest BCUT2D eigenvalue weighted by Gasteiger charge is 2.53. The molecule has 2 aromatic carbocycles. The van der Waals surface area contributed by atoms with Gasteiger partial charge in [-0.2, -0.15) is 13.1 Å². The fourth-order valence-electron chi connectivity index (χ4n) is 2.94. The van der Waals surface area contributed by atoms with Crippen molar-refractivity contribution in [3.8, 4) is 0 Å². The van der Waals surface area contributed by atoms with Gasteiger partial charge in [-0.1, -0.05) is 36.4 Å². The Morgan fingerprint density at radius 3 is 2.48 bits per heavy atom. The van der Waals surface area contributed by atoms with Crippen molar-refractivity contribution in [1.82, 2.24) is 9.29 Å². The van der Waals surface area contributed by atoms with Crippen molar-refractivity contribution in [2.75, 3.05) is 6.54 Å². The summed E-state index contributed by atoms with van der Waals surface area (Å²) in [5.41, 5.74) is 2.14. The first-order valence-corrected chi connectivity index (χ1v) is 9.95. The van der Waals surface area contributed by atoms with Crippen LogP contribution in [0.25, 0.3) is 10.2 Å². The number of hydrogen-bond donors (Lipinski definition) is 0. The van der Waals surface area contributed by atoms with Gasteiger partial charge < -0.3 is 0 Å². The third kappa shape index (κ3) is 2.65. The van der Waals surface area contributed by atoms with Crippen LogP contribution in [-0.2, 0) is 28.2 Å². The van der Waals surface area contributed by atoms with Gasteiger partial charge in [-0.05, 0) is 29.7 Å². The topological polar surface area (TPSA) is 50.3 Å². The van der Waals surface area contributed by atoms with Crippen LogP contribution < -0.4 is 0 Å². The number of hydrogen-bond acceptors (Lipinski definition) is 4. The largest absolute Gasteiger partial charge is 0.409 e. The molecule has 4 nitrogen and oxygen atoms in total. The fourth-order valence-corrected chi connectivity index (χ4v) is 5.45. The Labute approximate surface area is 147 Å². The number of fused-ring (bicyclic) bond motifs is 2. The number of aromatic nitrogens is 1. The predicted octanol–water partition coefficient (Wildman–Crippen LogP) is 3.73. The minimum Gasteiger partial charge on any atom is -0.234 e. The first-order chi connectivity index (χ1) is 11.9. The molecule has 0 radical (unpaired) electrons. The molecule has 0 bridgehead atoms. The molecule has 25 heavy (non-hydrogen) atoms. The number of para-hydroxylation sites is 1. The van der Waals surface area contributed by atoms with E-state index in [1.807, 2.05) is 12.1 Å².